The number of hydrogen-bond acceptors (Lipinski definition) is 3. The van der Waals surface area contributed by atoms with Gasteiger partial charge in [0.25, 0.3) is 6.71 Å². The number of anilines is 7. The highest BCUT2D eigenvalue weighted by atomic mass is 15.3. The Morgan fingerprint density at radius 1 is 0.534 bits per heavy atom. The molecule has 0 bridgehead atoms. The summed E-state index contributed by atoms with van der Waals surface area (Å²) in [5, 5.41) is 0. The smallest absolute Gasteiger partial charge is 0.252 e. The lowest BCUT2D eigenvalue weighted by atomic mass is 9.32. The number of hydrogen-bond donors (Lipinski definition) is 0. The summed E-state index contributed by atoms with van der Waals surface area (Å²) in [4.78, 5) is 8.45. The van der Waals surface area contributed by atoms with E-state index in [9.17, 15) is 0 Å². The fourth-order valence-corrected chi connectivity index (χ4v) is 13.8. The van der Waals surface area contributed by atoms with E-state index >= 15 is 0 Å². The third-order valence-corrected chi connectivity index (χ3v) is 17.2. The molecule has 4 aliphatic heterocycles. The van der Waals surface area contributed by atoms with Crippen LogP contribution in [0.4, 0.5) is 39.8 Å². The molecule has 5 aromatic rings. The van der Waals surface area contributed by atoms with Crippen molar-refractivity contribution >= 4 is 62.9 Å². The number of rotatable bonds is 2. The van der Waals surface area contributed by atoms with Crippen molar-refractivity contribution in [3.63, 3.8) is 0 Å². The fourth-order valence-electron chi connectivity index (χ4n) is 13.8. The SMILES string of the molecule is Cc1ccc(N2c3ccc(C)cc3B3c4c2cc(N2c5ccc(C(C)(C)C)cc5C5(C)CCCCC25C)cc4N2c4c3c(C)cc(C)c4C3(C)CCCCC23C)cc1. The van der Waals surface area contributed by atoms with E-state index in [1.807, 2.05) is 0 Å². The molecule has 0 N–H and O–H groups in total. The average Bonchev–Trinajstić information content (AvgIpc) is 3.53. The van der Waals surface area contributed by atoms with Crippen molar-refractivity contribution < 1.29 is 0 Å². The first kappa shape index (κ1) is 36.6. The van der Waals surface area contributed by atoms with Crippen LogP contribution in [0.3, 0.4) is 0 Å². The summed E-state index contributed by atoms with van der Waals surface area (Å²) in [5.74, 6) is 0. The molecule has 58 heavy (non-hydrogen) atoms. The van der Waals surface area contributed by atoms with Crippen molar-refractivity contribution in [3.8, 4) is 0 Å². The summed E-state index contributed by atoms with van der Waals surface area (Å²) in [6.45, 7) is 27.1. The standard InChI is InChI=1S/C54H62BN3/c1-33-16-20-38(21-17-33)56-43-22-18-34(2)28-41(43)55-47-36(4)29-35(3)46-49(47)58(54(11)27-15-13-25-52(46,54)9)45-32-39(31-44(56)48(45)55)57-42-23-19-37(50(5,6)7)30-40(42)51(8)24-12-14-26-53(51,57)10/h16-23,28-32H,12-15,24-27H2,1-11H3. The highest BCUT2D eigenvalue weighted by Crippen LogP contribution is 2.65. The van der Waals surface area contributed by atoms with Gasteiger partial charge in [-0.05, 0) is 148 Å². The molecular formula is C54H62BN3. The molecule has 0 radical (unpaired) electrons. The largest absolute Gasteiger partial charge is 0.335 e. The van der Waals surface area contributed by atoms with Crippen molar-refractivity contribution in [2.45, 2.75) is 155 Å². The Kier molecular flexibility index (Phi) is 7.35. The Labute approximate surface area is 348 Å². The zero-order valence-corrected chi connectivity index (χ0v) is 37.1. The minimum Gasteiger partial charge on any atom is -0.335 e. The maximum absolute atomic E-state index is 2.95. The van der Waals surface area contributed by atoms with Gasteiger partial charge in [0, 0.05) is 50.6 Å². The number of fused-ring (bicyclic) bond motifs is 10. The van der Waals surface area contributed by atoms with Crippen LogP contribution in [0.25, 0.3) is 0 Å². The Balaban J connectivity index is 1.27. The topological polar surface area (TPSA) is 9.72 Å². The second-order valence-corrected chi connectivity index (χ2v) is 21.5. The second kappa shape index (κ2) is 11.6. The first-order chi connectivity index (χ1) is 27.5. The Morgan fingerprint density at radius 2 is 1.16 bits per heavy atom. The zero-order chi connectivity index (χ0) is 40.5. The summed E-state index contributed by atoms with van der Waals surface area (Å²) in [6, 6.07) is 32.0. The van der Waals surface area contributed by atoms with Crippen LogP contribution < -0.4 is 31.1 Å². The number of benzene rings is 5. The Hall–Kier alpha value is -4.44. The minimum atomic E-state index is -0.0536. The number of aryl methyl sites for hydroxylation is 4. The van der Waals surface area contributed by atoms with Crippen molar-refractivity contribution in [1.29, 1.82) is 0 Å². The van der Waals surface area contributed by atoms with E-state index in [4.69, 9.17) is 0 Å². The van der Waals surface area contributed by atoms with Crippen molar-refractivity contribution in [3.05, 3.63) is 118 Å². The molecule has 5 aromatic carbocycles. The summed E-state index contributed by atoms with van der Waals surface area (Å²) < 4.78 is 0. The van der Waals surface area contributed by atoms with E-state index in [2.05, 4.69) is 170 Å². The van der Waals surface area contributed by atoms with Crippen LogP contribution >= 0.6 is 0 Å². The van der Waals surface area contributed by atoms with Gasteiger partial charge in [-0.25, -0.2) is 0 Å². The fraction of sp³-hybridized carbons (Fsp3) is 0.444. The van der Waals surface area contributed by atoms with E-state index in [0.29, 0.717) is 0 Å². The molecule has 2 saturated carbocycles. The first-order valence-corrected chi connectivity index (χ1v) is 22.6. The Bertz CT molecular complexity index is 2600. The molecule has 296 valence electrons. The van der Waals surface area contributed by atoms with Gasteiger partial charge in [0.05, 0.1) is 11.1 Å². The zero-order valence-electron chi connectivity index (χ0n) is 37.1. The van der Waals surface area contributed by atoms with E-state index in [1.54, 1.807) is 16.6 Å². The molecule has 2 fully saturated rings. The first-order valence-electron chi connectivity index (χ1n) is 22.6. The third-order valence-electron chi connectivity index (χ3n) is 17.2. The molecule has 0 saturated heterocycles. The summed E-state index contributed by atoms with van der Waals surface area (Å²) in [7, 11) is 0. The third kappa shape index (κ3) is 4.38. The maximum atomic E-state index is 2.95. The normalized spacial score (nSPS) is 27.5. The molecular weight excluding hydrogens is 701 g/mol. The number of nitrogens with zero attached hydrogens (tertiary/aromatic N) is 3. The van der Waals surface area contributed by atoms with Crippen LogP contribution in [0.2, 0.25) is 0 Å². The van der Waals surface area contributed by atoms with Crippen LogP contribution in [0, 0.1) is 27.7 Å². The van der Waals surface area contributed by atoms with E-state index in [-0.39, 0.29) is 34.0 Å². The van der Waals surface area contributed by atoms with Crippen molar-refractivity contribution in [2.75, 3.05) is 14.7 Å². The lowest BCUT2D eigenvalue weighted by Crippen LogP contribution is -2.65. The molecule has 4 heteroatoms. The highest BCUT2D eigenvalue weighted by Gasteiger charge is 2.63. The predicted octanol–water partition coefficient (Wildman–Crippen LogP) is 12.3. The van der Waals surface area contributed by atoms with Gasteiger partial charge in [0.15, 0.2) is 0 Å². The molecule has 0 spiro atoms. The van der Waals surface area contributed by atoms with Gasteiger partial charge in [0.2, 0.25) is 0 Å². The highest BCUT2D eigenvalue weighted by molar-refractivity contribution is 7.00. The Morgan fingerprint density at radius 3 is 1.86 bits per heavy atom. The molecule has 4 unspecified atom stereocenters. The van der Waals surface area contributed by atoms with Crippen LogP contribution in [-0.4, -0.2) is 17.8 Å². The molecule has 2 aliphatic carbocycles. The summed E-state index contributed by atoms with van der Waals surface area (Å²) in [6.07, 6.45) is 9.98. The molecule has 6 aliphatic rings. The van der Waals surface area contributed by atoms with Crippen LogP contribution in [-0.2, 0) is 16.2 Å². The van der Waals surface area contributed by atoms with Crippen molar-refractivity contribution in [2.24, 2.45) is 0 Å². The van der Waals surface area contributed by atoms with Crippen LogP contribution in [0.1, 0.15) is 139 Å². The van der Waals surface area contributed by atoms with Gasteiger partial charge in [-0.15, -0.1) is 0 Å². The molecule has 3 nitrogen and oxygen atoms in total. The summed E-state index contributed by atoms with van der Waals surface area (Å²) in [5.41, 5.74) is 24.4. The molecule has 4 atom stereocenters. The van der Waals surface area contributed by atoms with Gasteiger partial charge in [-0.3, -0.25) is 0 Å². The predicted molar refractivity (Wildman–Crippen MR) is 249 cm³/mol. The molecule has 0 aromatic heterocycles. The maximum Gasteiger partial charge on any atom is 0.252 e. The van der Waals surface area contributed by atoms with Gasteiger partial charge < -0.3 is 14.7 Å². The lowest BCUT2D eigenvalue weighted by molar-refractivity contribution is 0.193. The van der Waals surface area contributed by atoms with Crippen molar-refractivity contribution in [1.82, 2.24) is 0 Å². The van der Waals surface area contributed by atoms with Gasteiger partial charge in [-0.1, -0.05) is 119 Å². The average molecular weight is 764 g/mol. The molecule has 0 amide bonds. The van der Waals surface area contributed by atoms with E-state index in [0.717, 1.165) is 0 Å². The van der Waals surface area contributed by atoms with Gasteiger partial charge in [0.1, 0.15) is 0 Å². The quantitative estimate of drug-likeness (QED) is 0.163. The minimum absolute atomic E-state index is 0.0341. The van der Waals surface area contributed by atoms with Gasteiger partial charge in [-0.2, -0.15) is 0 Å². The van der Waals surface area contributed by atoms with E-state index in [1.165, 1.54) is 130 Å². The lowest BCUT2D eigenvalue weighted by Gasteiger charge is -2.54. The second-order valence-electron chi connectivity index (χ2n) is 21.5. The van der Waals surface area contributed by atoms with Crippen LogP contribution in [0.15, 0.2) is 78.9 Å². The van der Waals surface area contributed by atoms with Crippen LogP contribution in [0.5, 0.6) is 0 Å². The summed E-state index contributed by atoms with van der Waals surface area (Å²) >= 11 is 0. The molecule has 11 rings (SSSR count). The van der Waals surface area contributed by atoms with Gasteiger partial charge >= 0.3 is 0 Å². The molecule has 4 heterocycles. The van der Waals surface area contributed by atoms with E-state index < -0.39 is 0 Å². The monoisotopic (exact) mass is 764 g/mol.